The Morgan fingerprint density at radius 2 is 2.17 bits per heavy atom. The predicted molar refractivity (Wildman–Crippen MR) is 69.6 cm³/mol. The molecule has 0 aliphatic rings. The van der Waals surface area contributed by atoms with E-state index in [1.807, 2.05) is 27.7 Å². The van der Waals surface area contributed by atoms with Gasteiger partial charge >= 0.3 is 0 Å². The van der Waals surface area contributed by atoms with Crippen LogP contribution in [0.2, 0.25) is 0 Å². The minimum absolute atomic E-state index is 0.104. The van der Waals surface area contributed by atoms with Crippen LogP contribution in [-0.2, 0) is 4.79 Å². The third-order valence-electron chi connectivity index (χ3n) is 1.84. The molecule has 0 atom stereocenters. The summed E-state index contributed by atoms with van der Waals surface area (Å²) in [5.41, 5.74) is -0.243. The first-order chi connectivity index (χ1) is 8.40. The molecule has 1 aromatic rings. The molecule has 0 spiro atoms. The van der Waals surface area contributed by atoms with Crippen LogP contribution in [0.5, 0.6) is 5.88 Å². The fourth-order valence-corrected chi connectivity index (χ4v) is 1.28. The van der Waals surface area contributed by atoms with E-state index in [9.17, 15) is 4.79 Å². The molecule has 100 valence electrons. The van der Waals surface area contributed by atoms with Gasteiger partial charge in [-0.3, -0.25) is 4.79 Å². The summed E-state index contributed by atoms with van der Waals surface area (Å²) in [6, 6.07) is 1.67. The van der Waals surface area contributed by atoms with Crippen LogP contribution in [0.4, 0.5) is 5.95 Å². The summed E-state index contributed by atoms with van der Waals surface area (Å²) >= 11 is 0. The van der Waals surface area contributed by atoms with E-state index in [2.05, 4.69) is 20.6 Å². The van der Waals surface area contributed by atoms with Crippen molar-refractivity contribution < 1.29 is 9.53 Å². The fraction of sp³-hybridized carbons (Fsp3) is 0.583. The van der Waals surface area contributed by atoms with Crippen molar-refractivity contribution in [2.75, 3.05) is 18.5 Å². The second-order valence-electron chi connectivity index (χ2n) is 4.80. The molecular formula is C12H20N4O2. The molecule has 0 radical (unpaired) electrons. The lowest BCUT2D eigenvalue weighted by Gasteiger charge is -2.20. The van der Waals surface area contributed by atoms with Gasteiger partial charge in [-0.1, -0.05) is 0 Å². The highest BCUT2D eigenvalue weighted by Gasteiger charge is 2.13. The number of rotatable bonds is 5. The number of carbonyl (C=O) groups excluding carboxylic acids is 1. The topological polar surface area (TPSA) is 76.1 Å². The van der Waals surface area contributed by atoms with Gasteiger partial charge in [-0.05, 0) is 27.7 Å². The van der Waals surface area contributed by atoms with Gasteiger partial charge in [0.2, 0.25) is 17.7 Å². The zero-order chi connectivity index (χ0) is 13.6. The molecule has 6 heteroatoms. The summed E-state index contributed by atoms with van der Waals surface area (Å²) in [6.45, 7) is 8.34. The molecule has 1 heterocycles. The molecular weight excluding hydrogens is 232 g/mol. The van der Waals surface area contributed by atoms with Crippen molar-refractivity contribution in [3.63, 3.8) is 0 Å². The molecule has 2 N–H and O–H groups in total. The lowest BCUT2D eigenvalue weighted by atomic mass is 10.1. The number of hydrogen-bond donors (Lipinski definition) is 2. The number of amides is 1. The molecule has 1 amide bonds. The number of anilines is 1. The molecule has 0 saturated carbocycles. The molecule has 0 bridgehead atoms. The number of carbonyl (C=O) groups is 1. The Balaban J connectivity index is 2.48. The Labute approximate surface area is 107 Å². The van der Waals surface area contributed by atoms with Crippen LogP contribution in [0.1, 0.15) is 27.7 Å². The largest absolute Gasteiger partial charge is 0.478 e. The monoisotopic (exact) mass is 252 g/mol. The van der Waals surface area contributed by atoms with Crippen molar-refractivity contribution in [1.29, 1.82) is 0 Å². The van der Waals surface area contributed by atoms with Crippen LogP contribution in [0.25, 0.3) is 0 Å². The molecule has 6 nitrogen and oxygen atoms in total. The molecule has 0 aliphatic heterocycles. The maximum Gasteiger partial charge on any atom is 0.239 e. The molecule has 1 rings (SSSR count). The van der Waals surface area contributed by atoms with E-state index in [0.717, 1.165) is 0 Å². The maximum atomic E-state index is 11.6. The average molecular weight is 252 g/mol. The van der Waals surface area contributed by atoms with E-state index < -0.39 is 0 Å². The Morgan fingerprint density at radius 3 is 2.78 bits per heavy atom. The first-order valence-corrected chi connectivity index (χ1v) is 5.91. The third kappa shape index (κ3) is 5.47. The second kappa shape index (κ2) is 6.18. The second-order valence-corrected chi connectivity index (χ2v) is 4.80. The summed E-state index contributed by atoms with van der Waals surface area (Å²) in [5, 5.41) is 5.69. The number of nitrogens with zero attached hydrogens (tertiary/aromatic N) is 2. The quantitative estimate of drug-likeness (QED) is 0.823. The zero-order valence-corrected chi connectivity index (χ0v) is 11.3. The van der Waals surface area contributed by atoms with Gasteiger partial charge in [-0.25, -0.2) is 4.98 Å². The number of aromatic nitrogens is 2. The van der Waals surface area contributed by atoms with Crippen molar-refractivity contribution in [3.8, 4) is 5.88 Å². The standard InChI is InChI=1S/C12H20N4O2/c1-5-18-10-6-7-13-11(15-10)14-8-9(17)16-12(2,3)4/h6-7H,5,8H2,1-4H3,(H,16,17)(H,13,14,15). The minimum Gasteiger partial charge on any atom is -0.478 e. The van der Waals surface area contributed by atoms with E-state index >= 15 is 0 Å². The fourth-order valence-electron chi connectivity index (χ4n) is 1.28. The van der Waals surface area contributed by atoms with Crippen molar-refractivity contribution >= 4 is 11.9 Å². The van der Waals surface area contributed by atoms with E-state index in [1.54, 1.807) is 12.3 Å². The van der Waals surface area contributed by atoms with E-state index in [1.165, 1.54) is 0 Å². The van der Waals surface area contributed by atoms with Crippen molar-refractivity contribution in [2.24, 2.45) is 0 Å². The van der Waals surface area contributed by atoms with Crippen LogP contribution in [0.3, 0.4) is 0 Å². The first-order valence-electron chi connectivity index (χ1n) is 5.91. The average Bonchev–Trinajstić information content (AvgIpc) is 2.25. The molecule has 1 aromatic heterocycles. The Hall–Kier alpha value is -1.85. The van der Waals surface area contributed by atoms with Crippen LogP contribution in [-0.4, -0.2) is 34.6 Å². The van der Waals surface area contributed by atoms with Gasteiger partial charge in [-0.15, -0.1) is 0 Å². The summed E-state index contributed by atoms with van der Waals surface area (Å²) in [4.78, 5) is 19.7. The Kier molecular flexibility index (Phi) is 4.88. The smallest absolute Gasteiger partial charge is 0.239 e. The number of hydrogen-bond acceptors (Lipinski definition) is 5. The van der Waals surface area contributed by atoms with Crippen molar-refractivity contribution in [2.45, 2.75) is 33.2 Å². The third-order valence-corrected chi connectivity index (χ3v) is 1.84. The minimum atomic E-state index is -0.243. The van der Waals surface area contributed by atoms with Crippen LogP contribution >= 0.6 is 0 Å². The van der Waals surface area contributed by atoms with Gasteiger partial charge in [0.1, 0.15) is 0 Å². The SMILES string of the molecule is CCOc1ccnc(NCC(=O)NC(C)(C)C)n1. The van der Waals surface area contributed by atoms with E-state index in [-0.39, 0.29) is 18.0 Å². The van der Waals surface area contributed by atoms with Crippen LogP contribution < -0.4 is 15.4 Å². The van der Waals surface area contributed by atoms with Gasteiger partial charge in [-0.2, -0.15) is 4.98 Å². The van der Waals surface area contributed by atoms with E-state index in [0.29, 0.717) is 18.4 Å². The molecule has 0 unspecified atom stereocenters. The summed E-state index contributed by atoms with van der Waals surface area (Å²) in [6.07, 6.45) is 1.59. The normalized spacial score (nSPS) is 10.9. The molecule has 18 heavy (non-hydrogen) atoms. The van der Waals surface area contributed by atoms with Crippen molar-refractivity contribution in [1.82, 2.24) is 15.3 Å². The summed E-state index contributed by atoms with van der Waals surface area (Å²) in [5.74, 6) is 0.768. The lowest BCUT2D eigenvalue weighted by molar-refractivity contribution is -0.120. The van der Waals surface area contributed by atoms with Crippen molar-refractivity contribution in [3.05, 3.63) is 12.3 Å². The molecule has 0 fully saturated rings. The Bertz CT molecular complexity index is 401. The Morgan fingerprint density at radius 1 is 1.44 bits per heavy atom. The van der Waals surface area contributed by atoms with Gasteiger partial charge < -0.3 is 15.4 Å². The van der Waals surface area contributed by atoms with Gasteiger partial charge in [0.05, 0.1) is 13.2 Å². The van der Waals surface area contributed by atoms with Crippen LogP contribution in [0.15, 0.2) is 12.3 Å². The highest BCUT2D eigenvalue weighted by atomic mass is 16.5. The van der Waals surface area contributed by atoms with Gasteiger partial charge in [0.15, 0.2) is 0 Å². The van der Waals surface area contributed by atoms with Gasteiger partial charge in [0, 0.05) is 17.8 Å². The highest BCUT2D eigenvalue weighted by Crippen LogP contribution is 2.07. The molecule has 0 aliphatic carbocycles. The van der Waals surface area contributed by atoms with E-state index in [4.69, 9.17) is 4.74 Å². The summed E-state index contributed by atoms with van der Waals surface area (Å²) < 4.78 is 5.24. The maximum absolute atomic E-state index is 11.6. The van der Waals surface area contributed by atoms with Crippen LogP contribution in [0, 0.1) is 0 Å². The molecule has 0 saturated heterocycles. The molecule has 0 aromatic carbocycles. The number of ether oxygens (including phenoxy) is 1. The first kappa shape index (κ1) is 14.2. The van der Waals surface area contributed by atoms with Gasteiger partial charge in [0.25, 0.3) is 0 Å². The summed E-state index contributed by atoms with van der Waals surface area (Å²) in [7, 11) is 0. The predicted octanol–water partition coefficient (Wildman–Crippen LogP) is 1.20. The lowest BCUT2D eigenvalue weighted by Crippen LogP contribution is -2.43. The number of nitrogens with one attached hydrogen (secondary N) is 2. The zero-order valence-electron chi connectivity index (χ0n) is 11.3. The highest BCUT2D eigenvalue weighted by molar-refractivity contribution is 5.80.